The number of nitrogens with zero attached hydrogens (tertiary/aromatic N) is 1. The van der Waals surface area contributed by atoms with Crippen LogP contribution in [0.15, 0.2) is 0 Å². The zero-order valence-electron chi connectivity index (χ0n) is 35.2. The summed E-state index contributed by atoms with van der Waals surface area (Å²) in [5.41, 5.74) is 0. The van der Waals surface area contributed by atoms with E-state index in [1.807, 2.05) is 0 Å². The van der Waals surface area contributed by atoms with Crippen molar-refractivity contribution in [3.63, 3.8) is 0 Å². The lowest BCUT2D eigenvalue weighted by atomic mass is 10.0. The van der Waals surface area contributed by atoms with Crippen LogP contribution in [-0.2, 0) is 23.8 Å². The first-order valence-corrected chi connectivity index (χ1v) is 22.6. The molecule has 0 aliphatic heterocycles. The summed E-state index contributed by atoms with van der Waals surface area (Å²) < 4.78 is 16.7. The molecule has 0 aliphatic rings. The minimum absolute atomic E-state index is 0.0285. The van der Waals surface area contributed by atoms with Gasteiger partial charge in [0, 0.05) is 45.9 Å². The maximum atomic E-state index is 12.7. The van der Waals surface area contributed by atoms with E-state index in [2.05, 4.69) is 37.5 Å². The van der Waals surface area contributed by atoms with E-state index in [1.54, 1.807) is 7.11 Å². The summed E-state index contributed by atoms with van der Waals surface area (Å²) in [4.78, 5) is 27.4. The zero-order valence-corrected chi connectivity index (χ0v) is 35.2. The van der Waals surface area contributed by atoms with Gasteiger partial charge in [-0.1, -0.05) is 130 Å². The molecule has 306 valence electrons. The van der Waals surface area contributed by atoms with Crippen LogP contribution in [0.1, 0.15) is 226 Å². The number of esters is 2. The normalized spacial score (nSPS) is 11.3. The highest BCUT2D eigenvalue weighted by Gasteiger charge is 2.14. The van der Waals surface area contributed by atoms with Gasteiger partial charge in [0.15, 0.2) is 0 Å². The summed E-state index contributed by atoms with van der Waals surface area (Å²) in [6.45, 7) is 11.4. The van der Waals surface area contributed by atoms with Crippen molar-refractivity contribution in [1.29, 1.82) is 0 Å². The van der Waals surface area contributed by atoms with Gasteiger partial charge in [-0.25, -0.2) is 0 Å². The number of carbonyl (C=O) groups is 2. The highest BCUT2D eigenvalue weighted by molar-refractivity contribution is 5.69. The quantitative estimate of drug-likeness (QED) is 0.0355. The highest BCUT2D eigenvalue weighted by Crippen LogP contribution is 2.18. The topological polar surface area (TPSA) is 65.1 Å². The molecule has 0 fully saturated rings. The average molecular weight is 734 g/mol. The van der Waals surface area contributed by atoms with Crippen LogP contribution in [0.25, 0.3) is 0 Å². The summed E-state index contributed by atoms with van der Waals surface area (Å²) in [5.74, 6) is 6.32. The fourth-order valence-electron chi connectivity index (χ4n) is 6.71. The summed E-state index contributed by atoms with van der Waals surface area (Å²) >= 11 is 0. The Bertz CT molecular complexity index is 805. The molecule has 0 aliphatic carbocycles. The van der Waals surface area contributed by atoms with Crippen molar-refractivity contribution in [3.05, 3.63) is 0 Å². The summed E-state index contributed by atoms with van der Waals surface area (Å²) in [6, 6.07) is 0. The van der Waals surface area contributed by atoms with E-state index in [0.29, 0.717) is 19.4 Å². The molecule has 0 spiro atoms. The van der Waals surface area contributed by atoms with E-state index in [9.17, 15) is 9.59 Å². The molecule has 0 aromatic carbocycles. The summed E-state index contributed by atoms with van der Waals surface area (Å²) in [6.07, 6.45) is 36.1. The molecular formula is C46H87NO5. The third-order valence-electron chi connectivity index (χ3n) is 10.1. The van der Waals surface area contributed by atoms with Gasteiger partial charge in [-0.2, -0.15) is 0 Å². The molecule has 0 bridgehead atoms. The Balaban J connectivity index is 4.12. The molecule has 0 saturated heterocycles. The number of rotatable bonds is 40. The highest BCUT2D eigenvalue weighted by atomic mass is 16.5. The number of ether oxygens (including phenoxy) is 3. The summed E-state index contributed by atoms with van der Waals surface area (Å²) in [7, 11) is 1.78. The number of hydrogen-bond acceptors (Lipinski definition) is 6. The van der Waals surface area contributed by atoms with Gasteiger partial charge in [-0.15, -0.1) is 11.8 Å². The Labute approximate surface area is 324 Å². The van der Waals surface area contributed by atoms with Gasteiger partial charge in [0.25, 0.3) is 0 Å². The molecule has 0 heterocycles. The van der Waals surface area contributed by atoms with Gasteiger partial charge in [-0.3, -0.25) is 9.59 Å². The minimum Gasteiger partial charge on any atom is -0.466 e. The van der Waals surface area contributed by atoms with Gasteiger partial charge in [-0.05, 0) is 83.7 Å². The van der Waals surface area contributed by atoms with Gasteiger partial charge in [0.05, 0.1) is 6.61 Å². The second-order valence-corrected chi connectivity index (χ2v) is 15.2. The zero-order chi connectivity index (χ0) is 38.0. The van der Waals surface area contributed by atoms with E-state index in [4.69, 9.17) is 14.2 Å². The average Bonchev–Trinajstić information content (AvgIpc) is 3.14. The molecule has 0 amide bonds. The predicted molar refractivity (Wildman–Crippen MR) is 222 cm³/mol. The van der Waals surface area contributed by atoms with E-state index in [-0.39, 0.29) is 18.0 Å². The molecule has 0 radical (unpaired) electrons. The lowest BCUT2D eigenvalue weighted by Crippen LogP contribution is -2.28. The van der Waals surface area contributed by atoms with Crippen molar-refractivity contribution < 1.29 is 23.8 Å². The van der Waals surface area contributed by atoms with Crippen molar-refractivity contribution >= 4 is 11.9 Å². The number of hydrogen-bond donors (Lipinski definition) is 0. The Morgan fingerprint density at radius 1 is 0.481 bits per heavy atom. The number of methoxy groups -OCH3 is 1. The molecule has 0 atom stereocenters. The number of carbonyl (C=O) groups excluding carboxylic acids is 2. The molecule has 0 aromatic rings. The van der Waals surface area contributed by atoms with E-state index < -0.39 is 0 Å². The molecule has 0 unspecified atom stereocenters. The van der Waals surface area contributed by atoms with Crippen LogP contribution in [0.2, 0.25) is 0 Å². The molecule has 52 heavy (non-hydrogen) atoms. The number of unbranched alkanes of at least 4 members (excludes halogenated alkanes) is 21. The van der Waals surface area contributed by atoms with Crippen molar-refractivity contribution in [3.8, 4) is 11.8 Å². The standard InChI is InChI=1S/C46H87NO5/c1-5-8-11-14-17-26-33-43-51-45(48)37-29-22-18-24-31-39-47(41-34-42-50-4)40-32-25-19-23-30-38-46(49)52-44(35-27-20-15-12-9-6-2)36-28-21-16-13-10-7-3/h44H,5-13,15-16,18-43H2,1-4H3. The molecule has 0 rings (SSSR count). The van der Waals surface area contributed by atoms with Crippen molar-refractivity contribution in [2.24, 2.45) is 0 Å². The molecule has 0 N–H and O–H groups in total. The first-order valence-electron chi connectivity index (χ1n) is 22.6. The van der Waals surface area contributed by atoms with Crippen molar-refractivity contribution in [1.82, 2.24) is 4.90 Å². The molecule has 6 nitrogen and oxygen atoms in total. The van der Waals surface area contributed by atoms with Crippen LogP contribution < -0.4 is 0 Å². The maximum Gasteiger partial charge on any atom is 0.306 e. The van der Waals surface area contributed by atoms with Crippen LogP contribution in [0.4, 0.5) is 0 Å². The van der Waals surface area contributed by atoms with E-state index >= 15 is 0 Å². The Morgan fingerprint density at radius 3 is 1.46 bits per heavy atom. The van der Waals surface area contributed by atoms with E-state index in [0.717, 1.165) is 96.9 Å². The van der Waals surface area contributed by atoms with Crippen LogP contribution in [-0.4, -0.2) is 62.9 Å². The van der Waals surface area contributed by atoms with Crippen molar-refractivity contribution in [2.75, 3.05) is 40.0 Å². The van der Waals surface area contributed by atoms with Crippen molar-refractivity contribution in [2.45, 2.75) is 232 Å². The lowest BCUT2D eigenvalue weighted by molar-refractivity contribution is -0.150. The Morgan fingerprint density at radius 2 is 0.923 bits per heavy atom. The molecule has 6 heteroatoms. The monoisotopic (exact) mass is 734 g/mol. The molecular weight excluding hydrogens is 647 g/mol. The minimum atomic E-state index is -0.0607. The van der Waals surface area contributed by atoms with Crippen LogP contribution >= 0.6 is 0 Å². The second-order valence-electron chi connectivity index (χ2n) is 15.2. The maximum absolute atomic E-state index is 12.7. The summed E-state index contributed by atoms with van der Waals surface area (Å²) in [5, 5.41) is 0. The fraction of sp³-hybridized carbons (Fsp3) is 0.913. The SMILES string of the molecule is CCCCC#CCCCOC(=O)CCCCCCCN(CCCCCCCC(=O)OC(CCCCCCCC)CCCCCCCC)CCCOC. The largest absolute Gasteiger partial charge is 0.466 e. The van der Waals surface area contributed by atoms with Gasteiger partial charge >= 0.3 is 11.9 Å². The Hall–Kier alpha value is -1.58. The Kier molecular flexibility index (Phi) is 40.9. The first kappa shape index (κ1) is 50.4. The van der Waals surface area contributed by atoms with Crippen LogP contribution in [0.3, 0.4) is 0 Å². The molecule has 0 aromatic heterocycles. The molecule has 0 saturated carbocycles. The van der Waals surface area contributed by atoms with Gasteiger partial charge in [0.1, 0.15) is 6.10 Å². The smallest absolute Gasteiger partial charge is 0.306 e. The third kappa shape index (κ3) is 38.2. The first-order chi connectivity index (χ1) is 25.6. The van der Waals surface area contributed by atoms with Crippen LogP contribution in [0, 0.1) is 11.8 Å². The lowest BCUT2D eigenvalue weighted by Gasteiger charge is -2.22. The predicted octanol–water partition coefficient (Wildman–Crippen LogP) is 12.9. The third-order valence-corrected chi connectivity index (χ3v) is 10.1. The van der Waals surface area contributed by atoms with E-state index in [1.165, 1.54) is 122 Å². The van der Waals surface area contributed by atoms with Crippen LogP contribution in [0.5, 0.6) is 0 Å². The fourth-order valence-corrected chi connectivity index (χ4v) is 6.71. The van der Waals surface area contributed by atoms with Gasteiger partial charge in [0.2, 0.25) is 0 Å². The second kappa shape index (κ2) is 42.2. The van der Waals surface area contributed by atoms with Gasteiger partial charge < -0.3 is 19.1 Å².